The van der Waals surface area contributed by atoms with Crippen molar-refractivity contribution in [2.45, 2.75) is 45.3 Å². The maximum Gasteiger partial charge on any atom is 0.0564 e. The Hall–Kier alpha value is -0.120. The van der Waals surface area contributed by atoms with Gasteiger partial charge in [0.25, 0.3) is 0 Å². The lowest BCUT2D eigenvalue weighted by molar-refractivity contribution is 0.0747. The second kappa shape index (κ2) is 4.40. The van der Waals surface area contributed by atoms with Gasteiger partial charge in [0.2, 0.25) is 0 Å². The summed E-state index contributed by atoms with van der Waals surface area (Å²) in [7, 11) is 0. The highest BCUT2D eigenvalue weighted by Crippen LogP contribution is 2.09. The second-order valence-corrected chi connectivity index (χ2v) is 4.93. The van der Waals surface area contributed by atoms with Crippen LogP contribution < -0.4 is 5.32 Å². The highest BCUT2D eigenvalue weighted by atomic mass is 16.3. The molecule has 1 heterocycles. The van der Waals surface area contributed by atoms with Crippen LogP contribution in [0.5, 0.6) is 0 Å². The van der Waals surface area contributed by atoms with Crippen LogP contribution in [0.25, 0.3) is 0 Å². The van der Waals surface area contributed by atoms with Gasteiger partial charge >= 0.3 is 0 Å². The topological polar surface area (TPSA) is 35.5 Å². The SMILES string of the molecule is CC(C)(C)NCN1CCC(O)CC1. The Kier molecular flexibility index (Phi) is 3.71. The molecule has 0 aromatic rings. The van der Waals surface area contributed by atoms with E-state index in [-0.39, 0.29) is 11.6 Å². The molecule has 3 nitrogen and oxygen atoms in total. The Morgan fingerprint density at radius 2 is 1.85 bits per heavy atom. The summed E-state index contributed by atoms with van der Waals surface area (Å²) in [6, 6.07) is 0. The summed E-state index contributed by atoms with van der Waals surface area (Å²) in [4.78, 5) is 2.36. The third-order valence-corrected chi connectivity index (χ3v) is 2.39. The van der Waals surface area contributed by atoms with E-state index in [1.807, 2.05) is 0 Å². The molecule has 1 aliphatic heterocycles. The van der Waals surface area contributed by atoms with Crippen LogP contribution >= 0.6 is 0 Å². The zero-order chi connectivity index (χ0) is 9.90. The minimum Gasteiger partial charge on any atom is -0.393 e. The second-order valence-electron chi connectivity index (χ2n) is 4.93. The summed E-state index contributed by atoms with van der Waals surface area (Å²) in [5, 5.41) is 12.8. The molecule has 1 fully saturated rings. The van der Waals surface area contributed by atoms with E-state index in [1.54, 1.807) is 0 Å². The fourth-order valence-corrected chi connectivity index (χ4v) is 1.43. The first kappa shape index (κ1) is 11.0. The van der Waals surface area contributed by atoms with Gasteiger partial charge in [0.15, 0.2) is 0 Å². The fraction of sp³-hybridized carbons (Fsp3) is 1.00. The molecule has 0 aromatic heterocycles. The van der Waals surface area contributed by atoms with E-state index < -0.39 is 0 Å². The summed E-state index contributed by atoms with van der Waals surface area (Å²) >= 11 is 0. The first-order chi connectivity index (χ1) is 5.97. The van der Waals surface area contributed by atoms with Crippen LogP contribution in [-0.2, 0) is 0 Å². The van der Waals surface area contributed by atoms with Gasteiger partial charge in [-0.1, -0.05) is 0 Å². The summed E-state index contributed by atoms with van der Waals surface area (Å²) in [5.41, 5.74) is 0.191. The molecule has 0 bridgehead atoms. The molecule has 13 heavy (non-hydrogen) atoms. The van der Waals surface area contributed by atoms with Gasteiger partial charge in [0.05, 0.1) is 6.10 Å². The molecule has 3 heteroatoms. The van der Waals surface area contributed by atoms with Crippen molar-refractivity contribution in [2.24, 2.45) is 0 Å². The maximum atomic E-state index is 9.31. The van der Waals surface area contributed by atoms with Gasteiger partial charge in [-0.15, -0.1) is 0 Å². The molecule has 0 aliphatic carbocycles. The van der Waals surface area contributed by atoms with Crippen LogP contribution in [0.15, 0.2) is 0 Å². The summed E-state index contributed by atoms with van der Waals surface area (Å²) < 4.78 is 0. The van der Waals surface area contributed by atoms with Crippen LogP contribution in [0.1, 0.15) is 33.6 Å². The molecule has 0 saturated carbocycles. The van der Waals surface area contributed by atoms with Crippen molar-refractivity contribution < 1.29 is 5.11 Å². The van der Waals surface area contributed by atoms with E-state index in [2.05, 4.69) is 31.0 Å². The molecule has 0 spiro atoms. The number of nitrogens with zero attached hydrogens (tertiary/aromatic N) is 1. The number of likely N-dealkylation sites (tertiary alicyclic amines) is 1. The van der Waals surface area contributed by atoms with Gasteiger partial charge in [0.1, 0.15) is 0 Å². The van der Waals surface area contributed by atoms with Gasteiger partial charge < -0.3 is 5.11 Å². The van der Waals surface area contributed by atoms with Crippen LogP contribution in [0, 0.1) is 0 Å². The average Bonchev–Trinajstić information content (AvgIpc) is 2.02. The van der Waals surface area contributed by atoms with Crippen molar-refractivity contribution >= 4 is 0 Å². The lowest BCUT2D eigenvalue weighted by Crippen LogP contribution is -2.47. The van der Waals surface area contributed by atoms with E-state index >= 15 is 0 Å². The minimum absolute atomic E-state index is 0.0640. The van der Waals surface area contributed by atoms with E-state index in [1.165, 1.54) is 0 Å². The first-order valence-electron chi connectivity index (χ1n) is 5.13. The minimum atomic E-state index is -0.0640. The molecule has 0 unspecified atom stereocenters. The van der Waals surface area contributed by atoms with Gasteiger partial charge in [-0.25, -0.2) is 0 Å². The lowest BCUT2D eigenvalue weighted by Gasteiger charge is -2.32. The predicted molar refractivity (Wildman–Crippen MR) is 54.6 cm³/mol. The zero-order valence-corrected chi connectivity index (χ0v) is 9.01. The van der Waals surface area contributed by atoms with E-state index in [0.29, 0.717) is 0 Å². The van der Waals surface area contributed by atoms with Crippen molar-refractivity contribution in [3.8, 4) is 0 Å². The van der Waals surface area contributed by atoms with Crippen LogP contribution in [0.4, 0.5) is 0 Å². The van der Waals surface area contributed by atoms with Crippen molar-refractivity contribution in [2.75, 3.05) is 19.8 Å². The van der Waals surface area contributed by atoms with Gasteiger partial charge in [-0.05, 0) is 33.6 Å². The monoisotopic (exact) mass is 186 g/mol. The third-order valence-electron chi connectivity index (χ3n) is 2.39. The average molecular weight is 186 g/mol. The molecule has 1 rings (SSSR count). The van der Waals surface area contributed by atoms with Gasteiger partial charge in [-0.3, -0.25) is 10.2 Å². The molecular weight excluding hydrogens is 164 g/mol. The number of hydrogen-bond acceptors (Lipinski definition) is 3. The van der Waals surface area contributed by atoms with E-state index in [4.69, 9.17) is 0 Å². The Balaban J connectivity index is 2.16. The molecule has 0 radical (unpaired) electrons. The summed E-state index contributed by atoms with van der Waals surface area (Å²) in [6.45, 7) is 9.49. The zero-order valence-electron chi connectivity index (χ0n) is 9.01. The van der Waals surface area contributed by atoms with Crippen LogP contribution in [0.2, 0.25) is 0 Å². The highest BCUT2D eigenvalue weighted by molar-refractivity contribution is 4.74. The van der Waals surface area contributed by atoms with Crippen LogP contribution in [-0.4, -0.2) is 41.4 Å². The molecule has 1 aliphatic rings. The Labute approximate surface area is 81.1 Å². The van der Waals surface area contributed by atoms with Crippen molar-refractivity contribution in [1.29, 1.82) is 0 Å². The number of rotatable bonds is 2. The van der Waals surface area contributed by atoms with Crippen LogP contribution in [0.3, 0.4) is 0 Å². The largest absolute Gasteiger partial charge is 0.393 e. The molecule has 0 aromatic carbocycles. The highest BCUT2D eigenvalue weighted by Gasteiger charge is 2.18. The lowest BCUT2D eigenvalue weighted by atomic mass is 10.1. The molecule has 1 saturated heterocycles. The van der Waals surface area contributed by atoms with Crippen molar-refractivity contribution in [1.82, 2.24) is 10.2 Å². The molecule has 2 N–H and O–H groups in total. The molecular formula is C10H22N2O. The van der Waals surface area contributed by atoms with Crippen molar-refractivity contribution in [3.63, 3.8) is 0 Å². The summed E-state index contributed by atoms with van der Waals surface area (Å²) in [6.07, 6.45) is 1.78. The maximum absolute atomic E-state index is 9.31. The predicted octanol–water partition coefficient (Wildman–Crippen LogP) is 0.789. The summed E-state index contributed by atoms with van der Waals surface area (Å²) in [5.74, 6) is 0. The number of aliphatic hydroxyl groups excluding tert-OH is 1. The quantitative estimate of drug-likeness (QED) is 0.669. The van der Waals surface area contributed by atoms with E-state index in [9.17, 15) is 5.11 Å². The first-order valence-corrected chi connectivity index (χ1v) is 5.13. The molecule has 78 valence electrons. The van der Waals surface area contributed by atoms with Gasteiger partial charge in [-0.2, -0.15) is 0 Å². The fourth-order valence-electron chi connectivity index (χ4n) is 1.43. The smallest absolute Gasteiger partial charge is 0.0564 e. The number of nitrogens with one attached hydrogen (secondary N) is 1. The number of aliphatic hydroxyl groups is 1. The number of hydrogen-bond donors (Lipinski definition) is 2. The molecule has 0 atom stereocenters. The molecule has 0 amide bonds. The van der Waals surface area contributed by atoms with Gasteiger partial charge in [0, 0.05) is 25.3 Å². The number of piperidine rings is 1. The third kappa shape index (κ3) is 4.60. The normalized spacial score (nSPS) is 22.2. The van der Waals surface area contributed by atoms with Crippen molar-refractivity contribution in [3.05, 3.63) is 0 Å². The Morgan fingerprint density at radius 1 is 1.31 bits per heavy atom. The Morgan fingerprint density at radius 3 is 2.31 bits per heavy atom. The Bertz CT molecular complexity index is 145. The van der Waals surface area contributed by atoms with E-state index in [0.717, 1.165) is 32.6 Å². The standard InChI is InChI=1S/C10H22N2O/c1-10(2,3)11-8-12-6-4-9(13)5-7-12/h9,11,13H,4-8H2,1-3H3.